The number of amides is 1. The molecule has 1 aromatic heterocycles. The number of halogens is 2. The van der Waals surface area contributed by atoms with E-state index in [1.165, 1.54) is 12.1 Å². The second-order valence-electron chi connectivity index (χ2n) is 12.3. The summed E-state index contributed by atoms with van der Waals surface area (Å²) in [5.74, 6) is 0.291. The highest BCUT2D eigenvalue weighted by Gasteiger charge is 2.39. The van der Waals surface area contributed by atoms with Gasteiger partial charge in [-0.2, -0.15) is 5.10 Å². The third-order valence-corrected chi connectivity index (χ3v) is 9.05. The molecule has 10 heteroatoms. The number of nitrogens with zero attached hydrogens (tertiary/aromatic N) is 3. The van der Waals surface area contributed by atoms with Crippen LogP contribution in [0.1, 0.15) is 34.3 Å². The van der Waals surface area contributed by atoms with Crippen LogP contribution < -0.4 is 15.5 Å². The first-order valence-corrected chi connectivity index (χ1v) is 15.0. The van der Waals surface area contributed by atoms with Crippen molar-refractivity contribution in [1.29, 1.82) is 0 Å². The van der Waals surface area contributed by atoms with Gasteiger partial charge in [-0.1, -0.05) is 6.07 Å². The largest absolute Gasteiger partial charge is 0.381 e. The van der Waals surface area contributed by atoms with Crippen LogP contribution in [0.25, 0.3) is 10.9 Å². The highest BCUT2D eigenvalue weighted by atomic mass is 19.1. The Balaban J connectivity index is 1.14. The first kappa shape index (κ1) is 27.8. The molecule has 2 unspecified atom stereocenters. The number of nitrogens with one attached hydrogen (secondary N) is 3. The molecule has 2 atom stereocenters. The summed E-state index contributed by atoms with van der Waals surface area (Å²) in [5, 5.41) is 14.7. The Morgan fingerprint density at radius 2 is 1.70 bits per heavy atom. The van der Waals surface area contributed by atoms with Crippen molar-refractivity contribution < 1.29 is 18.3 Å². The van der Waals surface area contributed by atoms with Gasteiger partial charge in [0, 0.05) is 68.3 Å². The van der Waals surface area contributed by atoms with Crippen LogP contribution >= 0.6 is 0 Å². The summed E-state index contributed by atoms with van der Waals surface area (Å²) in [6, 6.07) is 15.5. The van der Waals surface area contributed by atoms with Gasteiger partial charge in [-0.3, -0.25) is 9.89 Å². The Morgan fingerprint density at radius 3 is 2.44 bits per heavy atom. The molecular weight excluding hydrogens is 550 g/mol. The number of anilines is 3. The molecule has 3 aromatic carbocycles. The van der Waals surface area contributed by atoms with Crippen molar-refractivity contribution in [1.82, 2.24) is 15.1 Å². The van der Waals surface area contributed by atoms with Gasteiger partial charge in [-0.05, 0) is 91.7 Å². The first-order chi connectivity index (χ1) is 20.9. The topological polar surface area (TPSA) is 85.5 Å². The molecule has 1 amide bonds. The number of hydrogen-bond acceptors (Lipinski definition) is 6. The van der Waals surface area contributed by atoms with Gasteiger partial charge in [0.2, 0.25) is 0 Å². The lowest BCUT2D eigenvalue weighted by molar-refractivity contribution is 0.0904. The van der Waals surface area contributed by atoms with E-state index in [4.69, 9.17) is 4.74 Å². The molecular formula is C33H36F2N6O2. The van der Waals surface area contributed by atoms with E-state index in [9.17, 15) is 13.6 Å². The molecule has 3 N–H and O–H groups in total. The van der Waals surface area contributed by atoms with Crippen LogP contribution in [0, 0.1) is 23.5 Å². The van der Waals surface area contributed by atoms with E-state index >= 15 is 0 Å². The molecule has 0 saturated carbocycles. The predicted molar refractivity (Wildman–Crippen MR) is 164 cm³/mol. The minimum absolute atomic E-state index is 0.226. The van der Waals surface area contributed by atoms with Crippen molar-refractivity contribution >= 4 is 34.0 Å². The molecule has 8 nitrogen and oxygen atoms in total. The van der Waals surface area contributed by atoms with Crippen molar-refractivity contribution in [3.05, 3.63) is 82.9 Å². The number of carbonyl (C=O) groups is 1. The van der Waals surface area contributed by atoms with E-state index in [2.05, 4.69) is 43.7 Å². The summed E-state index contributed by atoms with van der Waals surface area (Å²) in [5.41, 5.74) is 4.63. The first-order valence-electron chi connectivity index (χ1n) is 15.0. The monoisotopic (exact) mass is 586 g/mol. The van der Waals surface area contributed by atoms with Crippen LogP contribution in [0.15, 0.2) is 54.6 Å². The maximum absolute atomic E-state index is 13.8. The molecule has 43 heavy (non-hydrogen) atoms. The van der Waals surface area contributed by atoms with Crippen molar-refractivity contribution in [2.75, 3.05) is 62.0 Å². The van der Waals surface area contributed by atoms with E-state index in [1.54, 1.807) is 0 Å². The van der Waals surface area contributed by atoms with Gasteiger partial charge in [0.1, 0.15) is 11.6 Å². The quantitative estimate of drug-likeness (QED) is 0.274. The third kappa shape index (κ3) is 5.94. The molecule has 3 saturated heterocycles. The normalized spacial score (nSPS) is 21.0. The number of carbonyl (C=O) groups excluding carboxylic acids is 1. The van der Waals surface area contributed by atoms with E-state index < -0.39 is 11.6 Å². The third-order valence-electron chi connectivity index (χ3n) is 9.05. The lowest BCUT2D eigenvalue weighted by Gasteiger charge is -2.27. The predicted octanol–water partition coefficient (Wildman–Crippen LogP) is 5.27. The van der Waals surface area contributed by atoms with Crippen molar-refractivity contribution in [3.8, 4) is 0 Å². The van der Waals surface area contributed by atoms with E-state index in [0.717, 1.165) is 72.9 Å². The number of ether oxygens (including phenoxy) is 1. The lowest BCUT2D eigenvalue weighted by atomic mass is 10.0. The average Bonchev–Trinajstić information content (AvgIpc) is 3.66. The molecule has 4 aromatic rings. The maximum atomic E-state index is 13.8. The summed E-state index contributed by atoms with van der Waals surface area (Å²) >= 11 is 0. The number of aromatic nitrogens is 2. The van der Waals surface area contributed by atoms with Crippen molar-refractivity contribution in [2.24, 2.45) is 11.8 Å². The van der Waals surface area contributed by atoms with Crippen LogP contribution in [0.3, 0.4) is 0 Å². The summed E-state index contributed by atoms with van der Waals surface area (Å²) in [6.07, 6.45) is 2.11. The zero-order chi connectivity index (χ0) is 29.5. The van der Waals surface area contributed by atoms with Crippen molar-refractivity contribution in [2.45, 2.75) is 25.3 Å². The summed E-state index contributed by atoms with van der Waals surface area (Å²) in [7, 11) is 2.20. The summed E-state index contributed by atoms with van der Waals surface area (Å²) in [6.45, 7) is 5.72. The molecule has 0 radical (unpaired) electrons. The number of hydrogen-bond donors (Lipinski definition) is 3. The fourth-order valence-corrected chi connectivity index (χ4v) is 6.94. The molecule has 0 aliphatic carbocycles. The van der Waals surface area contributed by atoms with Crippen LogP contribution in [0.5, 0.6) is 0 Å². The fraction of sp³-hybridized carbons (Fsp3) is 0.394. The number of rotatable bonds is 7. The van der Waals surface area contributed by atoms with Gasteiger partial charge in [0.25, 0.3) is 5.91 Å². The lowest BCUT2D eigenvalue weighted by Crippen LogP contribution is -2.30. The van der Waals surface area contributed by atoms with Gasteiger partial charge < -0.3 is 25.2 Å². The van der Waals surface area contributed by atoms with Gasteiger partial charge >= 0.3 is 0 Å². The standard InChI is InChI=1S/C33H36F2N6O2/c1-40-16-22-18-41(19-23(22)17-40)27-3-4-28(31(15-27)36-26-6-8-43-9-7-26)33(42)37-32-29-13-20(2-5-30(29)38-39-32)10-21-11-24(34)14-25(35)12-21/h2-5,11-15,22-23,26,36H,6-10,16-19H2,1H3,(H2,37,38,39,42). The second-order valence-corrected chi connectivity index (χ2v) is 12.3. The van der Waals surface area contributed by atoms with Gasteiger partial charge in [-0.25, -0.2) is 8.78 Å². The van der Waals surface area contributed by atoms with E-state index in [1.807, 2.05) is 30.3 Å². The van der Waals surface area contributed by atoms with Crippen LogP contribution in [0.4, 0.5) is 26.0 Å². The SMILES string of the molecule is CN1CC2CN(c3ccc(C(=O)Nc4n[nH]c5ccc(Cc6cc(F)cc(F)c6)cc45)c(NC4CCOCC4)c3)CC2C1. The second kappa shape index (κ2) is 11.6. The zero-order valence-electron chi connectivity index (χ0n) is 24.2. The molecule has 7 rings (SSSR count). The smallest absolute Gasteiger partial charge is 0.258 e. The average molecular weight is 587 g/mol. The summed E-state index contributed by atoms with van der Waals surface area (Å²) in [4.78, 5) is 18.6. The van der Waals surface area contributed by atoms with E-state index in [-0.39, 0.29) is 11.9 Å². The highest BCUT2D eigenvalue weighted by molar-refractivity contribution is 6.11. The number of H-pyrrole nitrogens is 1. The van der Waals surface area contributed by atoms with Crippen molar-refractivity contribution in [3.63, 3.8) is 0 Å². The molecule has 0 bridgehead atoms. The van der Waals surface area contributed by atoms with Gasteiger partial charge in [0.05, 0.1) is 11.1 Å². The number of likely N-dealkylation sites (tertiary alicyclic amines) is 1. The van der Waals surface area contributed by atoms with Crippen LogP contribution in [-0.2, 0) is 11.2 Å². The van der Waals surface area contributed by atoms with E-state index in [0.29, 0.717) is 48.4 Å². The zero-order valence-corrected chi connectivity index (χ0v) is 24.2. The Morgan fingerprint density at radius 1 is 0.953 bits per heavy atom. The molecule has 3 aliphatic rings. The minimum atomic E-state index is -0.608. The molecule has 0 spiro atoms. The molecule has 3 aliphatic heterocycles. The number of benzene rings is 3. The Labute approximate surface area is 249 Å². The van der Waals surface area contributed by atoms with Gasteiger partial charge in [0.15, 0.2) is 5.82 Å². The molecule has 224 valence electrons. The molecule has 4 heterocycles. The highest BCUT2D eigenvalue weighted by Crippen LogP contribution is 2.35. The van der Waals surface area contributed by atoms with Crippen LogP contribution in [0.2, 0.25) is 0 Å². The number of fused-ring (bicyclic) bond motifs is 2. The maximum Gasteiger partial charge on any atom is 0.258 e. The minimum Gasteiger partial charge on any atom is -0.381 e. The fourth-order valence-electron chi connectivity index (χ4n) is 6.94. The number of aromatic amines is 1. The van der Waals surface area contributed by atoms with Crippen LogP contribution in [-0.4, -0.2) is 73.5 Å². The van der Waals surface area contributed by atoms with Gasteiger partial charge in [-0.15, -0.1) is 0 Å². The Bertz CT molecular complexity index is 1620. The molecule has 3 fully saturated rings. The summed E-state index contributed by atoms with van der Waals surface area (Å²) < 4.78 is 33.1. The Kier molecular flexibility index (Phi) is 7.48. The Hall–Kier alpha value is -4.02.